The minimum Gasteiger partial charge on any atom is -0.505 e. The number of phenolic OH excluding ortho intramolecular Hbond substituents is 1. The van der Waals surface area contributed by atoms with Crippen LogP contribution in [-0.2, 0) is 4.84 Å². The zero-order valence-electron chi connectivity index (χ0n) is 16.9. The number of phenols is 1. The Morgan fingerprint density at radius 2 is 1.73 bits per heavy atom. The average molecular weight is 662 g/mol. The number of nitrogens with zero attached hydrogens (tertiary/aromatic N) is 3. The summed E-state index contributed by atoms with van der Waals surface area (Å²) in [5, 5.41) is 19.4. The Labute approximate surface area is 209 Å². The molecule has 7 nitrogen and oxygen atoms in total. The Morgan fingerprint density at radius 1 is 1.00 bits per heavy atom. The number of fused-ring (bicyclic) bond motifs is 1. The van der Waals surface area contributed by atoms with Crippen molar-refractivity contribution in [2.75, 3.05) is 5.32 Å². The number of nitrogens with one attached hydrogen (secondary N) is 1. The monoisotopic (exact) mass is 662 g/mol. The van der Waals surface area contributed by atoms with Crippen molar-refractivity contribution in [3.05, 3.63) is 99.9 Å². The van der Waals surface area contributed by atoms with Crippen LogP contribution in [0.25, 0.3) is 10.8 Å². The van der Waals surface area contributed by atoms with Gasteiger partial charge in [0.25, 0.3) is 9.73 Å². The van der Waals surface area contributed by atoms with Crippen LogP contribution in [0, 0.1) is 3.57 Å². The molecule has 0 radical (unpaired) electrons. The van der Waals surface area contributed by atoms with Crippen LogP contribution in [0.15, 0.2) is 93.5 Å². The largest absolute Gasteiger partial charge is 0.505 e. The molecule has 0 atom stereocenters. The molecular weight excluding hydrogens is 646 g/mol. The topological polar surface area (TPSA) is 96.2 Å². The molecule has 0 spiro atoms. The van der Waals surface area contributed by atoms with Crippen molar-refractivity contribution in [2.45, 2.75) is 0 Å². The van der Waals surface area contributed by atoms with Gasteiger partial charge in [0.2, 0.25) is 0 Å². The fourth-order valence-electron chi connectivity index (χ4n) is 3.16. The highest BCUT2D eigenvalue weighted by Gasteiger charge is 2.16. The minimum atomic E-state index is -0.844. The first kappa shape index (κ1) is 21.8. The first-order valence-corrected chi connectivity index (χ1v) is 14.0. The van der Waals surface area contributed by atoms with Gasteiger partial charge in [0, 0.05) is 74.2 Å². The molecule has 3 aromatic carbocycles. The number of anilines is 1. The summed E-state index contributed by atoms with van der Waals surface area (Å²) >= 11 is -1.43. The summed E-state index contributed by atoms with van der Waals surface area (Å²) in [6.45, 7) is 0. The van der Waals surface area contributed by atoms with E-state index in [-0.39, 0.29) is 11.7 Å². The van der Waals surface area contributed by atoms with Gasteiger partial charge in [-0.3, -0.25) is 9.78 Å². The Morgan fingerprint density at radius 3 is 2.52 bits per heavy atom. The molecule has 0 unspecified atom stereocenters. The van der Waals surface area contributed by atoms with Gasteiger partial charge in [-0.15, -0.1) is 0 Å². The smallest absolute Gasteiger partial charge is 0.286 e. The molecule has 164 valence electrons. The molecule has 2 N–H and O–H groups in total. The quantitative estimate of drug-likeness (QED) is 0.204. The Kier molecular flexibility index (Phi) is 6.48. The van der Waals surface area contributed by atoms with E-state index in [1.54, 1.807) is 30.6 Å². The van der Waals surface area contributed by atoms with Crippen LogP contribution < -0.4 is 5.32 Å². The number of carbonyl (C=O) groups excluding carboxylic acids is 1. The number of amides is 1. The molecule has 0 fully saturated rings. The number of hydrogen-bond acceptors (Lipinski definition) is 6. The van der Waals surface area contributed by atoms with E-state index >= 15 is 0 Å². The maximum absolute atomic E-state index is 12.7. The minimum absolute atomic E-state index is 0.0349. The predicted octanol–water partition coefficient (Wildman–Crippen LogP) is 5.97. The van der Waals surface area contributed by atoms with E-state index in [0.29, 0.717) is 20.5 Å². The molecule has 0 aliphatic carbocycles. The SMILES string of the molecule is O=C(Nc1cc(I=NC2=IC(c3ccccc3)=NO2)c2ccccc2c1O)c1ccncc1. The summed E-state index contributed by atoms with van der Waals surface area (Å²) in [6.07, 6.45) is 3.11. The Balaban J connectivity index is 1.47. The van der Waals surface area contributed by atoms with E-state index in [9.17, 15) is 9.90 Å². The van der Waals surface area contributed by atoms with E-state index in [4.69, 9.17) is 7.98 Å². The zero-order chi connectivity index (χ0) is 22.6. The normalized spacial score (nSPS) is 13.5. The summed E-state index contributed by atoms with van der Waals surface area (Å²) < 4.78 is 7.37. The molecule has 1 aromatic heterocycles. The number of hydrogen-bond donors (Lipinski definition) is 2. The number of rotatable bonds is 5. The van der Waals surface area contributed by atoms with Gasteiger partial charge < -0.3 is 15.3 Å². The summed E-state index contributed by atoms with van der Waals surface area (Å²) in [6, 6.07) is 22.6. The number of aromatic hydroxyl groups is 1. The van der Waals surface area contributed by atoms with Gasteiger partial charge in [0.05, 0.1) is 5.69 Å². The summed E-state index contributed by atoms with van der Waals surface area (Å²) in [5.74, 6) is -0.281. The van der Waals surface area contributed by atoms with E-state index in [0.717, 1.165) is 18.2 Å². The number of pyridine rings is 1. The second-order valence-corrected chi connectivity index (χ2v) is 11.5. The van der Waals surface area contributed by atoms with Crippen molar-refractivity contribution in [3.63, 3.8) is 0 Å². The van der Waals surface area contributed by atoms with Gasteiger partial charge in [0.15, 0.2) is 0 Å². The van der Waals surface area contributed by atoms with Crippen LogP contribution in [0.2, 0.25) is 0 Å². The number of carbonyl (C=O) groups is 1. The van der Waals surface area contributed by atoms with Gasteiger partial charge >= 0.3 is 0 Å². The molecule has 9 heteroatoms. The first-order valence-electron chi connectivity index (χ1n) is 9.82. The zero-order valence-corrected chi connectivity index (χ0v) is 21.3. The lowest BCUT2D eigenvalue weighted by Crippen LogP contribution is -2.12. The van der Waals surface area contributed by atoms with Crippen LogP contribution in [-0.4, -0.2) is 23.5 Å². The molecule has 0 saturated carbocycles. The van der Waals surface area contributed by atoms with Crippen molar-refractivity contribution in [3.8, 4) is 5.75 Å². The number of benzene rings is 3. The van der Waals surface area contributed by atoms with Gasteiger partial charge in [-0.25, -0.2) is 0 Å². The fraction of sp³-hybridized carbons (Fsp3) is 0. The molecule has 5 rings (SSSR count). The molecule has 1 amide bonds. The van der Waals surface area contributed by atoms with Crippen LogP contribution >= 0.6 is 41.8 Å². The highest BCUT2D eigenvalue weighted by atomic mass is 127. The fourth-order valence-corrected chi connectivity index (χ4v) is 7.70. The lowest BCUT2D eigenvalue weighted by Gasteiger charge is -2.12. The maximum Gasteiger partial charge on any atom is 0.286 e. The van der Waals surface area contributed by atoms with Crippen molar-refractivity contribution in [1.82, 2.24) is 4.98 Å². The first-order chi connectivity index (χ1) is 16.2. The maximum atomic E-state index is 12.7. The molecule has 4 aromatic rings. The molecule has 1 aliphatic rings. The summed E-state index contributed by atoms with van der Waals surface area (Å²) in [7, 11) is 0. The lowest BCUT2D eigenvalue weighted by molar-refractivity contribution is 0.102. The predicted molar refractivity (Wildman–Crippen MR) is 146 cm³/mol. The lowest BCUT2D eigenvalue weighted by atomic mass is 10.1. The van der Waals surface area contributed by atoms with Gasteiger partial charge in [0.1, 0.15) is 9.47 Å². The van der Waals surface area contributed by atoms with Crippen LogP contribution in [0.5, 0.6) is 5.75 Å². The van der Waals surface area contributed by atoms with Crippen molar-refractivity contribution < 1.29 is 14.7 Å². The van der Waals surface area contributed by atoms with Crippen LogP contribution in [0.4, 0.5) is 5.69 Å². The molecule has 1 aliphatic heterocycles. The van der Waals surface area contributed by atoms with E-state index in [2.05, 4.69) is 15.5 Å². The van der Waals surface area contributed by atoms with E-state index in [1.165, 1.54) is 0 Å². The molecular formula is C24H16I2N4O3. The van der Waals surface area contributed by atoms with Gasteiger partial charge in [-0.05, 0) is 23.6 Å². The molecule has 0 bridgehead atoms. The number of halogens is 2. The van der Waals surface area contributed by atoms with Crippen LogP contribution in [0.1, 0.15) is 15.9 Å². The number of aromatic nitrogens is 1. The third kappa shape index (κ3) is 4.83. The van der Waals surface area contributed by atoms with Gasteiger partial charge in [-0.2, -0.15) is 3.15 Å². The van der Waals surface area contributed by atoms with E-state index in [1.807, 2.05) is 54.6 Å². The van der Waals surface area contributed by atoms with Crippen molar-refractivity contribution >= 4 is 71.7 Å². The summed E-state index contributed by atoms with van der Waals surface area (Å²) in [5.41, 5.74) is 1.88. The van der Waals surface area contributed by atoms with Gasteiger partial charge in [-0.1, -0.05) is 59.8 Å². The van der Waals surface area contributed by atoms with E-state index < -0.39 is 41.8 Å². The van der Waals surface area contributed by atoms with Crippen molar-refractivity contribution in [1.29, 1.82) is 0 Å². The number of oxime groups is 1. The second-order valence-electron chi connectivity index (χ2n) is 6.85. The molecule has 33 heavy (non-hydrogen) atoms. The highest BCUT2D eigenvalue weighted by molar-refractivity contribution is 14.2. The molecule has 0 saturated heterocycles. The average Bonchev–Trinajstić information content (AvgIpc) is 3.35. The highest BCUT2D eigenvalue weighted by Crippen LogP contribution is 2.38. The third-order valence-electron chi connectivity index (χ3n) is 4.74. The third-order valence-corrected chi connectivity index (χ3v) is 9.98. The summed E-state index contributed by atoms with van der Waals surface area (Å²) in [4.78, 5) is 22.1. The second kappa shape index (κ2) is 9.83. The Hall–Kier alpha value is -3.06. The van der Waals surface area contributed by atoms with Crippen molar-refractivity contribution in [2.24, 2.45) is 8.30 Å². The molecule has 2 heterocycles. The Bertz CT molecular complexity index is 1440. The van der Waals surface area contributed by atoms with Crippen LogP contribution in [0.3, 0.4) is 0 Å². The standard InChI is InChI=1S/C24H16I2N4O3/c31-21-18-9-5-4-8-17(18)19(14-20(21)28-23(32)16-10-12-27-13-11-16)26-29-24-25-22(30-33-24)15-6-2-1-3-7-15/h1-14,31H,(H,28,32).